The van der Waals surface area contributed by atoms with Gasteiger partial charge in [0.05, 0.1) is 11.9 Å². The molecule has 0 bridgehead atoms. The molecule has 0 saturated carbocycles. The van der Waals surface area contributed by atoms with Gasteiger partial charge in [-0.25, -0.2) is 4.98 Å². The lowest BCUT2D eigenvalue weighted by Gasteiger charge is -2.22. The molecular formula is C13H18ClN3. The third kappa shape index (κ3) is 3.20. The lowest BCUT2D eigenvalue weighted by atomic mass is 10.2. The predicted molar refractivity (Wildman–Crippen MR) is 73.7 cm³/mol. The van der Waals surface area contributed by atoms with Crippen LogP contribution in [0.1, 0.15) is 18.9 Å². The quantitative estimate of drug-likeness (QED) is 0.819. The molecule has 1 aromatic heterocycles. The number of nitrogens with one attached hydrogen (secondary N) is 1. The molecule has 0 atom stereocenters. The van der Waals surface area contributed by atoms with Crippen LogP contribution in [0.5, 0.6) is 0 Å². The Morgan fingerprint density at radius 3 is 3.12 bits per heavy atom. The standard InChI is InChI=1S/C13H18ClN3/c1-2-4-11-9-12(10-16-13(11)14)17-7-3-5-15-6-8-17/h2,4,9-10,15H,3,5-8H2,1H3. The van der Waals surface area contributed by atoms with Gasteiger partial charge in [-0.2, -0.15) is 0 Å². The summed E-state index contributed by atoms with van der Waals surface area (Å²) in [5.74, 6) is 0. The minimum atomic E-state index is 0.569. The monoisotopic (exact) mass is 251 g/mol. The number of rotatable bonds is 2. The van der Waals surface area contributed by atoms with Crippen LogP contribution in [0.15, 0.2) is 18.3 Å². The van der Waals surface area contributed by atoms with Gasteiger partial charge in [0, 0.05) is 25.2 Å². The Bertz CT molecular complexity index is 396. The Morgan fingerprint density at radius 2 is 2.29 bits per heavy atom. The van der Waals surface area contributed by atoms with Gasteiger partial charge >= 0.3 is 0 Å². The number of pyridine rings is 1. The van der Waals surface area contributed by atoms with Crippen molar-refractivity contribution >= 4 is 23.4 Å². The van der Waals surface area contributed by atoms with E-state index in [2.05, 4.69) is 21.3 Å². The third-order valence-corrected chi connectivity index (χ3v) is 3.22. The van der Waals surface area contributed by atoms with Gasteiger partial charge in [-0.15, -0.1) is 0 Å². The van der Waals surface area contributed by atoms with Crippen molar-refractivity contribution in [1.29, 1.82) is 0 Å². The van der Waals surface area contributed by atoms with Gasteiger partial charge in [0.25, 0.3) is 0 Å². The van der Waals surface area contributed by atoms with Gasteiger partial charge < -0.3 is 10.2 Å². The summed E-state index contributed by atoms with van der Waals surface area (Å²) in [7, 11) is 0. The highest BCUT2D eigenvalue weighted by Gasteiger charge is 2.11. The lowest BCUT2D eigenvalue weighted by Crippen LogP contribution is -2.27. The molecule has 2 heterocycles. The van der Waals surface area contributed by atoms with Gasteiger partial charge in [-0.3, -0.25) is 0 Å². The van der Waals surface area contributed by atoms with Crippen LogP contribution >= 0.6 is 11.6 Å². The molecule has 0 aliphatic carbocycles. The van der Waals surface area contributed by atoms with E-state index >= 15 is 0 Å². The zero-order valence-electron chi connectivity index (χ0n) is 10.1. The summed E-state index contributed by atoms with van der Waals surface area (Å²) in [6, 6.07) is 2.11. The first-order valence-electron chi connectivity index (χ1n) is 6.05. The zero-order chi connectivity index (χ0) is 12.1. The van der Waals surface area contributed by atoms with Crippen molar-refractivity contribution in [3.8, 4) is 0 Å². The minimum absolute atomic E-state index is 0.569. The van der Waals surface area contributed by atoms with Crippen molar-refractivity contribution < 1.29 is 0 Å². The van der Waals surface area contributed by atoms with Crippen molar-refractivity contribution in [1.82, 2.24) is 10.3 Å². The molecule has 0 spiro atoms. The Hall–Kier alpha value is -1.06. The minimum Gasteiger partial charge on any atom is -0.369 e. The molecule has 0 amide bonds. The maximum absolute atomic E-state index is 6.05. The molecule has 0 aromatic carbocycles. The summed E-state index contributed by atoms with van der Waals surface area (Å²) >= 11 is 6.05. The van der Waals surface area contributed by atoms with E-state index in [4.69, 9.17) is 11.6 Å². The fourth-order valence-electron chi connectivity index (χ4n) is 2.03. The van der Waals surface area contributed by atoms with E-state index in [9.17, 15) is 0 Å². The summed E-state index contributed by atoms with van der Waals surface area (Å²) in [6.45, 7) is 6.21. The zero-order valence-corrected chi connectivity index (χ0v) is 10.9. The molecule has 1 saturated heterocycles. The fourth-order valence-corrected chi connectivity index (χ4v) is 2.19. The first-order chi connectivity index (χ1) is 8.31. The molecule has 4 heteroatoms. The topological polar surface area (TPSA) is 28.2 Å². The Labute approximate surface area is 107 Å². The average Bonchev–Trinajstić information content (AvgIpc) is 2.61. The number of nitrogens with zero attached hydrogens (tertiary/aromatic N) is 2. The second-order valence-corrected chi connectivity index (χ2v) is 4.52. The second kappa shape index (κ2) is 6.03. The lowest BCUT2D eigenvalue weighted by molar-refractivity contribution is 0.724. The maximum atomic E-state index is 6.05. The van der Waals surface area contributed by atoms with Gasteiger partial charge in [-0.05, 0) is 26.0 Å². The van der Waals surface area contributed by atoms with E-state index in [-0.39, 0.29) is 0 Å². The van der Waals surface area contributed by atoms with E-state index in [1.807, 2.05) is 25.3 Å². The molecule has 1 aliphatic rings. The van der Waals surface area contributed by atoms with Crippen molar-refractivity contribution in [2.75, 3.05) is 31.1 Å². The molecule has 2 rings (SSSR count). The summed E-state index contributed by atoms with van der Waals surface area (Å²) in [5.41, 5.74) is 2.15. The molecule has 3 nitrogen and oxygen atoms in total. The Kier molecular flexibility index (Phi) is 4.40. The smallest absolute Gasteiger partial charge is 0.136 e. The van der Waals surface area contributed by atoms with Gasteiger partial charge in [-0.1, -0.05) is 23.8 Å². The molecule has 0 unspecified atom stereocenters. The van der Waals surface area contributed by atoms with Crippen LogP contribution in [0.3, 0.4) is 0 Å². The van der Waals surface area contributed by atoms with Crippen molar-refractivity contribution in [3.63, 3.8) is 0 Å². The number of hydrogen-bond acceptors (Lipinski definition) is 3. The number of halogens is 1. The summed E-state index contributed by atoms with van der Waals surface area (Å²) in [6.07, 6.45) is 7.01. The van der Waals surface area contributed by atoms with Crippen molar-refractivity contribution in [2.45, 2.75) is 13.3 Å². The molecule has 1 N–H and O–H groups in total. The molecule has 1 aliphatic heterocycles. The highest BCUT2D eigenvalue weighted by atomic mass is 35.5. The Morgan fingerprint density at radius 1 is 1.41 bits per heavy atom. The molecule has 17 heavy (non-hydrogen) atoms. The first kappa shape index (κ1) is 12.4. The predicted octanol–water partition coefficient (Wildman–Crippen LogP) is 2.57. The highest BCUT2D eigenvalue weighted by molar-refractivity contribution is 6.30. The highest BCUT2D eigenvalue weighted by Crippen LogP contribution is 2.22. The fraction of sp³-hybridized carbons (Fsp3) is 0.462. The summed E-state index contributed by atoms with van der Waals surface area (Å²) in [5, 5.41) is 3.97. The number of hydrogen-bond donors (Lipinski definition) is 1. The average molecular weight is 252 g/mol. The third-order valence-electron chi connectivity index (χ3n) is 2.90. The van der Waals surface area contributed by atoms with Gasteiger partial charge in [0.2, 0.25) is 0 Å². The van der Waals surface area contributed by atoms with Crippen LogP contribution in [-0.2, 0) is 0 Å². The van der Waals surface area contributed by atoms with Crippen LogP contribution in [0.4, 0.5) is 5.69 Å². The molecule has 1 fully saturated rings. The van der Waals surface area contributed by atoms with E-state index in [0.717, 1.165) is 37.4 Å². The van der Waals surface area contributed by atoms with Crippen LogP contribution in [-0.4, -0.2) is 31.2 Å². The van der Waals surface area contributed by atoms with Crippen molar-refractivity contribution in [3.05, 3.63) is 29.1 Å². The van der Waals surface area contributed by atoms with E-state index in [0.29, 0.717) is 5.15 Å². The SMILES string of the molecule is CC=Cc1cc(N2CCCNCC2)cnc1Cl. The van der Waals surface area contributed by atoms with Crippen LogP contribution in [0.25, 0.3) is 6.08 Å². The number of aromatic nitrogens is 1. The molecule has 92 valence electrons. The van der Waals surface area contributed by atoms with E-state index in [1.54, 1.807) is 0 Å². The summed E-state index contributed by atoms with van der Waals surface area (Å²) < 4.78 is 0. The van der Waals surface area contributed by atoms with E-state index < -0.39 is 0 Å². The van der Waals surface area contributed by atoms with Crippen molar-refractivity contribution in [2.24, 2.45) is 0 Å². The van der Waals surface area contributed by atoms with Gasteiger partial charge in [0.15, 0.2) is 0 Å². The summed E-state index contributed by atoms with van der Waals surface area (Å²) in [4.78, 5) is 6.61. The first-order valence-corrected chi connectivity index (χ1v) is 6.43. The molecule has 1 aromatic rings. The van der Waals surface area contributed by atoms with Gasteiger partial charge in [0.1, 0.15) is 5.15 Å². The number of anilines is 1. The van der Waals surface area contributed by atoms with Crippen LogP contribution < -0.4 is 10.2 Å². The van der Waals surface area contributed by atoms with E-state index in [1.165, 1.54) is 6.42 Å². The second-order valence-electron chi connectivity index (χ2n) is 4.16. The largest absolute Gasteiger partial charge is 0.369 e. The maximum Gasteiger partial charge on any atom is 0.136 e. The van der Waals surface area contributed by atoms with Crippen LogP contribution in [0, 0.1) is 0 Å². The number of allylic oxidation sites excluding steroid dienone is 1. The molecule has 0 radical (unpaired) electrons. The normalized spacial score (nSPS) is 17.4. The molecular weight excluding hydrogens is 234 g/mol. The van der Waals surface area contributed by atoms with Crippen LogP contribution in [0.2, 0.25) is 5.15 Å². The Balaban J connectivity index is 2.22.